The number of benzene rings is 3. The van der Waals surface area contributed by atoms with Gasteiger partial charge in [-0.25, -0.2) is 0 Å². The number of likely N-dealkylation sites (tertiary alicyclic amines) is 1. The van der Waals surface area contributed by atoms with Crippen molar-refractivity contribution in [1.82, 2.24) is 4.90 Å². The number of carbonyl (C=O) groups is 3. The Hall–Kier alpha value is -4.47. The molecule has 212 valence electrons. The smallest absolute Gasteiger partial charge is 0.268 e. The summed E-state index contributed by atoms with van der Waals surface area (Å²) in [6.45, 7) is 2.27. The zero-order valence-corrected chi connectivity index (χ0v) is 22.9. The first-order valence-corrected chi connectivity index (χ1v) is 13.7. The van der Waals surface area contributed by atoms with Gasteiger partial charge in [0, 0.05) is 47.1 Å². The number of aliphatic hydroxyl groups excluding tert-OH is 1. The monoisotopic (exact) mass is 554 g/mol. The fraction of sp³-hybridized carbons (Fsp3) is 0.281. The van der Waals surface area contributed by atoms with Crippen LogP contribution < -0.4 is 16.0 Å². The van der Waals surface area contributed by atoms with Gasteiger partial charge in [-0.15, -0.1) is 0 Å². The van der Waals surface area contributed by atoms with Crippen LogP contribution >= 0.6 is 0 Å². The van der Waals surface area contributed by atoms with Crippen LogP contribution in [0.1, 0.15) is 42.1 Å². The lowest BCUT2D eigenvalue weighted by molar-refractivity contribution is -0.138. The highest BCUT2D eigenvalue weighted by Crippen LogP contribution is 2.49. The van der Waals surface area contributed by atoms with Crippen LogP contribution in [-0.4, -0.2) is 52.0 Å². The van der Waals surface area contributed by atoms with Gasteiger partial charge in [-0.3, -0.25) is 19.3 Å². The minimum atomic E-state index is -1.95. The summed E-state index contributed by atoms with van der Waals surface area (Å²) in [5, 5.41) is 24.5. The van der Waals surface area contributed by atoms with Crippen LogP contribution in [0.2, 0.25) is 0 Å². The number of carbonyl (C=O) groups excluding carboxylic acids is 3. The quantitative estimate of drug-likeness (QED) is 0.246. The molecule has 9 nitrogen and oxygen atoms in total. The maximum atomic E-state index is 13.9. The highest BCUT2D eigenvalue weighted by atomic mass is 16.3. The third-order valence-corrected chi connectivity index (χ3v) is 7.91. The predicted octanol–water partition coefficient (Wildman–Crippen LogP) is 3.95. The van der Waals surface area contributed by atoms with E-state index in [0.717, 1.165) is 12.8 Å². The summed E-state index contributed by atoms with van der Waals surface area (Å²) >= 11 is 0. The molecule has 1 saturated heterocycles. The Labute approximate surface area is 238 Å². The number of anilines is 4. The minimum absolute atomic E-state index is 0.0661. The number of fused-ring (bicyclic) bond motifs is 1. The molecule has 2 heterocycles. The van der Waals surface area contributed by atoms with Gasteiger partial charge in [-0.1, -0.05) is 37.3 Å². The van der Waals surface area contributed by atoms with Crippen molar-refractivity contribution < 1.29 is 24.6 Å². The molecule has 5 N–H and O–H groups in total. The summed E-state index contributed by atoms with van der Waals surface area (Å²) in [5.74, 6) is -1.68. The molecule has 3 aromatic carbocycles. The van der Waals surface area contributed by atoms with Gasteiger partial charge in [0.1, 0.15) is 0 Å². The van der Waals surface area contributed by atoms with Gasteiger partial charge in [-0.05, 0) is 67.4 Å². The van der Waals surface area contributed by atoms with E-state index in [2.05, 4.69) is 5.32 Å². The predicted molar refractivity (Wildman–Crippen MR) is 157 cm³/mol. The normalized spacial score (nSPS) is 20.9. The molecular weight excluding hydrogens is 520 g/mol. The summed E-state index contributed by atoms with van der Waals surface area (Å²) in [4.78, 5) is 42.7. The van der Waals surface area contributed by atoms with Crippen molar-refractivity contribution in [3.05, 3.63) is 96.1 Å². The molecule has 9 heteroatoms. The van der Waals surface area contributed by atoms with Gasteiger partial charge >= 0.3 is 0 Å². The lowest BCUT2D eigenvalue weighted by Crippen LogP contribution is -2.42. The van der Waals surface area contributed by atoms with Gasteiger partial charge in [0.15, 0.2) is 5.60 Å². The lowest BCUT2D eigenvalue weighted by atomic mass is 9.82. The number of hydrogen-bond acceptors (Lipinski definition) is 6. The number of nitrogens with two attached hydrogens (primary N) is 1. The highest BCUT2D eigenvalue weighted by molar-refractivity contribution is 6.13. The van der Waals surface area contributed by atoms with E-state index in [1.807, 2.05) is 18.2 Å². The molecule has 0 aliphatic carbocycles. The molecule has 3 amide bonds. The first kappa shape index (κ1) is 28.1. The zero-order chi connectivity index (χ0) is 29.1. The molecule has 0 bridgehead atoms. The largest absolute Gasteiger partial charge is 0.399 e. The second kappa shape index (κ2) is 11.6. The summed E-state index contributed by atoms with van der Waals surface area (Å²) in [5.41, 5.74) is 6.62. The molecule has 2 aliphatic rings. The molecule has 3 aromatic rings. The van der Waals surface area contributed by atoms with Gasteiger partial charge in [0.05, 0.1) is 18.3 Å². The first-order valence-electron chi connectivity index (χ1n) is 13.7. The molecule has 0 aromatic heterocycles. The molecule has 0 saturated carbocycles. The number of aliphatic hydroxyl groups is 2. The second-order valence-electron chi connectivity index (χ2n) is 10.5. The molecule has 3 atom stereocenters. The number of para-hydroxylation sites is 1. The van der Waals surface area contributed by atoms with Crippen LogP contribution in [0.3, 0.4) is 0 Å². The van der Waals surface area contributed by atoms with Gasteiger partial charge in [0.25, 0.3) is 11.8 Å². The van der Waals surface area contributed by atoms with Crippen molar-refractivity contribution in [3.63, 3.8) is 0 Å². The van der Waals surface area contributed by atoms with Crippen molar-refractivity contribution >= 4 is 40.5 Å². The Balaban J connectivity index is 1.44. The molecule has 41 heavy (non-hydrogen) atoms. The van der Waals surface area contributed by atoms with Crippen molar-refractivity contribution in [1.29, 1.82) is 0 Å². The van der Waals surface area contributed by atoms with E-state index in [1.165, 1.54) is 4.90 Å². The van der Waals surface area contributed by atoms with Crippen LogP contribution in [0.15, 0.2) is 84.9 Å². The van der Waals surface area contributed by atoms with Crippen LogP contribution in [0, 0.1) is 5.92 Å². The van der Waals surface area contributed by atoms with Gasteiger partial charge in [-0.2, -0.15) is 0 Å². The molecule has 0 unspecified atom stereocenters. The average molecular weight is 555 g/mol. The summed E-state index contributed by atoms with van der Waals surface area (Å²) in [6, 6.07) is 20.4. The Kier molecular flexibility index (Phi) is 7.92. The fourth-order valence-electron chi connectivity index (χ4n) is 5.60. The number of nitrogens with one attached hydrogen (secondary N) is 1. The molecular formula is C32H34N4O5. The van der Waals surface area contributed by atoms with E-state index in [9.17, 15) is 24.6 Å². The number of nitrogens with zero attached hydrogens (tertiary/aromatic N) is 2. The van der Waals surface area contributed by atoms with E-state index < -0.39 is 17.4 Å². The average Bonchev–Trinajstić information content (AvgIpc) is 3.55. The molecule has 5 rings (SSSR count). The standard InChI is InChI=1S/C32H34N4O5/c1-21(7-5-11-29(38)35-18-6-10-26(35)20-37)32(41)27-19-24(34-30(39)22-12-14-23(33)15-13-22)16-17-28(27)36(31(32)40)25-8-3-2-4-9-25/h2-5,7-9,12-17,19,21,26,37,41H,6,10-11,18,20,33H2,1H3,(H,34,39)/b7-5+/t21-,26+,32+/m1/s1. The Morgan fingerprint density at radius 2 is 1.85 bits per heavy atom. The lowest BCUT2D eigenvalue weighted by Gasteiger charge is -2.28. The number of rotatable bonds is 8. The molecule has 0 radical (unpaired) electrons. The van der Waals surface area contributed by atoms with E-state index in [4.69, 9.17) is 5.73 Å². The van der Waals surface area contributed by atoms with Crippen LogP contribution in [0.5, 0.6) is 0 Å². The SMILES string of the molecule is C[C@H](/C=C/CC(=O)N1CCC[C@H]1CO)[C@@]1(O)C(=O)N(c2ccccc2)c2ccc(NC(=O)c3ccc(N)cc3)cc21. The third kappa shape index (κ3) is 5.33. The molecule has 0 spiro atoms. The van der Waals surface area contributed by atoms with Crippen molar-refractivity contribution in [2.75, 3.05) is 29.1 Å². The van der Waals surface area contributed by atoms with Crippen molar-refractivity contribution in [2.45, 2.75) is 37.8 Å². The highest BCUT2D eigenvalue weighted by Gasteiger charge is 2.53. The topological polar surface area (TPSA) is 136 Å². The van der Waals surface area contributed by atoms with Crippen molar-refractivity contribution in [3.8, 4) is 0 Å². The van der Waals surface area contributed by atoms with Crippen molar-refractivity contribution in [2.24, 2.45) is 5.92 Å². The number of hydrogen-bond donors (Lipinski definition) is 4. The molecule has 2 aliphatic heterocycles. The summed E-state index contributed by atoms with van der Waals surface area (Å²) in [6.07, 6.45) is 5.08. The van der Waals surface area contributed by atoms with E-state index >= 15 is 0 Å². The van der Waals surface area contributed by atoms with Crippen LogP contribution in [-0.2, 0) is 15.2 Å². The Morgan fingerprint density at radius 3 is 2.56 bits per heavy atom. The summed E-state index contributed by atoms with van der Waals surface area (Å²) in [7, 11) is 0. The van der Waals surface area contributed by atoms with Gasteiger partial charge < -0.3 is 26.2 Å². The minimum Gasteiger partial charge on any atom is -0.399 e. The van der Waals surface area contributed by atoms with E-state index in [0.29, 0.717) is 40.4 Å². The second-order valence-corrected chi connectivity index (χ2v) is 10.5. The maximum Gasteiger partial charge on any atom is 0.268 e. The Bertz CT molecular complexity index is 1470. The maximum absolute atomic E-state index is 13.9. The zero-order valence-electron chi connectivity index (χ0n) is 22.9. The van der Waals surface area contributed by atoms with E-state index in [1.54, 1.807) is 78.6 Å². The third-order valence-electron chi connectivity index (χ3n) is 7.91. The number of nitrogen functional groups attached to an aromatic ring is 1. The van der Waals surface area contributed by atoms with Crippen LogP contribution in [0.4, 0.5) is 22.7 Å². The van der Waals surface area contributed by atoms with Gasteiger partial charge in [0.2, 0.25) is 5.91 Å². The molecule has 1 fully saturated rings. The first-order chi connectivity index (χ1) is 19.7. The van der Waals surface area contributed by atoms with E-state index in [-0.39, 0.29) is 30.9 Å². The number of amides is 3. The Morgan fingerprint density at radius 1 is 1.12 bits per heavy atom. The van der Waals surface area contributed by atoms with Crippen LogP contribution in [0.25, 0.3) is 0 Å². The fourth-order valence-corrected chi connectivity index (χ4v) is 5.60. The summed E-state index contributed by atoms with van der Waals surface area (Å²) < 4.78 is 0.